The summed E-state index contributed by atoms with van der Waals surface area (Å²) in [6.07, 6.45) is 0.920. The number of nitrogens with one attached hydrogen (secondary N) is 1. The maximum Gasteiger partial charge on any atom is 0.251 e. The van der Waals surface area contributed by atoms with E-state index in [1.54, 1.807) is 48.5 Å². The van der Waals surface area contributed by atoms with Crippen molar-refractivity contribution in [3.8, 4) is 11.1 Å². The van der Waals surface area contributed by atoms with Gasteiger partial charge in [-0.3, -0.25) is 4.79 Å². The highest BCUT2D eigenvalue weighted by Crippen LogP contribution is 2.37. The van der Waals surface area contributed by atoms with Crippen LogP contribution in [0.1, 0.15) is 49.8 Å². The fourth-order valence-electron chi connectivity index (χ4n) is 4.53. The van der Waals surface area contributed by atoms with Crippen molar-refractivity contribution in [3.63, 3.8) is 0 Å². The number of halogens is 2. The van der Waals surface area contributed by atoms with Gasteiger partial charge in [0.1, 0.15) is 17.7 Å². The minimum atomic E-state index is -0.867. The molecule has 0 saturated carbocycles. The van der Waals surface area contributed by atoms with E-state index in [1.807, 2.05) is 12.1 Å². The summed E-state index contributed by atoms with van der Waals surface area (Å²) in [5, 5.41) is 25.4. The molecule has 0 saturated heterocycles. The number of oxime groups is 1. The normalized spacial score (nSPS) is 14.4. The molecule has 5 rings (SSSR count). The van der Waals surface area contributed by atoms with Crippen molar-refractivity contribution in [2.24, 2.45) is 5.16 Å². The van der Waals surface area contributed by atoms with Crippen LogP contribution in [0.2, 0.25) is 0 Å². The molecular formula is C29H22F2N2O3. The van der Waals surface area contributed by atoms with Crippen LogP contribution in [0.25, 0.3) is 11.1 Å². The first kappa shape index (κ1) is 23.4. The van der Waals surface area contributed by atoms with Crippen molar-refractivity contribution in [3.05, 3.63) is 129 Å². The largest absolute Gasteiger partial charge is 0.411 e. The van der Waals surface area contributed by atoms with Gasteiger partial charge in [-0.1, -0.05) is 53.7 Å². The fourth-order valence-corrected chi connectivity index (χ4v) is 4.53. The van der Waals surface area contributed by atoms with E-state index in [4.69, 9.17) is 5.21 Å². The Balaban J connectivity index is 1.35. The zero-order valence-electron chi connectivity index (χ0n) is 19.1. The van der Waals surface area contributed by atoms with Gasteiger partial charge in [-0.2, -0.15) is 0 Å². The topological polar surface area (TPSA) is 81.9 Å². The van der Waals surface area contributed by atoms with E-state index in [1.165, 1.54) is 18.3 Å². The van der Waals surface area contributed by atoms with Crippen LogP contribution >= 0.6 is 0 Å². The van der Waals surface area contributed by atoms with Gasteiger partial charge in [-0.05, 0) is 69.6 Å². The van der Waals surface area contributed by atoms with Gasteiger partial charge in [0, 0.05) is 23.7 Å². The molecule has 1 atom stereocenters. The molecule has 0 spiro atoms. The predicted molar refractivity (Wildman–Crippen MR) is 132 cm³/mol. The molecule has 0 unspecified atom stereocenters. The van der Waals surface area contributed by atoms with Gasteiger partial charge in [0.15, 0.2) is 0 Å². The average Bonchev–Trinajstić information content (AvgIpc) is 2.88. The van der Waals surface area contributed by atoms with Crippen LogP contribution in [0.3, 0.4) is 0 Å². The number of carbonyl (C=O) groups is 1. The summed E-state index contributed by atoms with van der Waals surface area (Å²) < 4.78 is 27.7. The highest BCUT2D eigenvalue weighted by molar-refractivity contribution is 5.94. The van der Waals surface area contributed by atoms with E-state index in [9.17, 15) is 18.7 Å². The van der Waals surface area contributed by atoms with Crippen LogP contribution in [-0.2, 0) is 13.0 Å². The smallest absolute Gasteiger partial charge is 0.251 e. The molecule has 0 bridgehead atoms. The number of fused-ring (bicyclic) bond motifs is 2. The Labute approximate surface area is 206 Å². The van der Waals surface area contributed by atoms with Gasteiger partial charge in [0.05, 0.1) is 6.21 Å². The van der Waals surface area contributed by atoms with Gasteiger partial charge in [0.25, 0.3) is 5.91 Å². The minimum absolute atomic E-state index is 0.249. The molecule has 4 aromatic rings. The molecule has 1 amide bonds. The number of hydrogen-bond donors (Lipinski definition) is 3. The molecule has 4 aromatic carbocycles. The SMILES string of the molecule is O=C(NCc1ccc(/C=N/O)cc1)c1ccc2c(c1)Cc1cc(-c3ccc(F)cc3F)ccc1[C@@H]2O. The van der Waals surface area contributed by atoms with E-state index >= 15 is 0 Å². The van der Waals surface area contributed by atoms with Crippen molar-refractivity contribution in [2.75, 3.05) is 0 Å². The Bertz CT molecular complexity index is 1480. The number of aliphatic hydroxyl groups is 1. The van der Waals surface area contributed by atoms with Crippen molar-refractivity contribution in [2.45, 2.75) is 19.1 Å². The second-order valence-corrected chi connectivity index (χ2v) is 8.70. The van der Waals surface area contributed by atoms with Gasteiger partial charge in [-0.15, -0.1) is 0 Å². The van der Waals surface area contributed by atoms with Gasteiger partial charge >= 0.3 is 0 Å². The number of aliphatic hydroxyl groups excluding tert-OH is 1. The molecule has 3 N–H and O–H groups in total. The summed E-state index contributed by atoms with van der Waals surface area (Å²) in [6, 6.07) is 21.2. The number of amides is 1. The maximum atomic E-state index is 14.3. The molecule has 0 aromatic heterocycles. The first-order chi connectivity index (χ1) is 17.4. The Morgan fingerprint density at radius 3 is 2.39 bits per heavy atom. The molecule has 5 nitrogen and oxygen atoms in total. The van der Waals surface area contributed by atoms with Crippen LogP contribution in [0.4, 0.5) is 8.78 Å². The lowest BCUT2D eigenvalue weighted by atomic mass is 9.82. The Kier molecular flexibility index (Phi) is 6.31. The summed E-state index contributed by atoms with van der Waals surface area (Å²) in [6.45, 7) is 0.324. The molecule has 7 heteroatoms. The molecular weight excluding hydrogens is 462 g/mol. The van der Waals surface area contributed by atoms with Crippen molar-refractivity contribution >= 4 is 12.1 Å². The van der Waals surface area contributed by atoms with Crippen LogP contribution in [-0.4, -0.2) is 22.4 Å². The number of rotatable bonds is 5. The minimum Gasteiger partial charge on any atom is -0.411 e. The molecule has 0 fully saturated rings. The predicted octanol–water partition coefficient (Wildman–Crippen LogP) is 5.36. The van der Waals surface area contributed by atoms with E-state index in [-0.39, 0.29) is 11.5 Å². The lowest BCUT2D eigenvalue weighted by molar-refractivity contribution is 0.0950. The van der Waals surface area contributed by atoms with E-state index in [2.05, 4.69) is 10.5 Å². The summed E-state index contributed by atoms with van der Waals surface area (Å²) in [5.41, 5.74) is 6.05. The quantitative estimate of drug-likeness (QED) is 0.203. The number of carbonyl (C=O) groups excluding carboxylic acids is 1. The number of nitrogens with zero attached hydrogens (tertiary/aromatic N) is 1. The molecule has 0 heterocycles. The fraction of sp³-hybridized carbons (Fsp3) is 0.103. The molecule has 1 aliphatic carbocycles. The molecule has 180 valence electrons. The van der Waals surface area contributed by atoms with Crippen molar-refractivity contribution in [1.29, 1.82) is 0 Å². The van der Waals surface area contributed by atoms with Gasteiger partial charge in [0.2, 0.25) is 0 Å². The first-order valence-electron chi connectivity index (χ1n) is 11.4. The van der Waals surface area contributed by atoms with E-state index in [0.29, 0.717) is 24.1 Å². The van der Waals surface area contributed by atoms with Crippen LogP contribution < -0.4 is 5.32 Å². The zero-order chi connectivity index (χ0) is 25.2. The third kappa shape index (κ3) is 4.61. The Morgan fingerprint density at radius 1 is 0.944 bits per heavy atom. The third-order valence-corrected chi connectivity index (χ3v) is 6.40. The summed E-state index contributed by atoms with van der Waals surface area (Å²) in [5.74, 6) is -1.54. The lowest BCUT2D eigenvalue weighted by Crippen LogP contribution is -2.23. The highest BCUT2D eigenvalue weighted by Gasteiger charge is 2.25. The average molecular weight is 485 g/mol. The first-order valence-corrected chi connectivity index (χ1v) is 11.4. The summed E-state index contributed by atoms with van der Waals surface area (Å²) >= 11 is 0. The van der Waals surface area contributed by atoms with Gasteiger partial charge in [-0.25, -0.2) is 8.78 Å². The molecule has 36 heavy (non-hydrogen) atoms. The number of hydrogen-bond acceptors (Lipinski definition) is 4. The van der Waals surface area contributed by atoms with Crippen molar-refractivity contribution in [1.82, 2.24) is 5.32 Å². The standard InChI is InChI=1S/C29H22F2N2O3/c30-23-7-10-24(27(31)14-23)19-5-8-25-21(11-19)13-22-12-20(6-9-26(22)28(25)34)29(35)32-15-17-1-3-18(4-2-17)16-33-36/h1-12,14,16,28,34,36H,13,15H2,(H,32,35)/b33-16+/t28-/m0/s1. The Hall–Kier alpha value is -4.36. The lowest BCUT2D eigenvalue weighted by Gasteiger charge is -2.26. The third-order valence-electron chi connectivity index (χ3n) is 6.40. The summed E-state index contributed by atoms with van der Waals surface area (Å²) in [7, 11) is 0. The van der Waals surface area contributed by atoms with Crippen LogP contribution in [0, 0.1) is 11.6 Å². The second-order valence-electron chi connectivity index (χ2n) is 8.70. The van der Waals surface area contributed by atoms with E-state index in [0.717, 1.165) is 39.4 Å². The monoisotopic (exact) mass is 484 g/mol. The number of benzene rings is 4. The van der Waals surface area contributed by atoms with Crippen molar-refractivity contribution < 1.29 is 23.9 Å². The zero-order valence-corrected chi connectivity index (χ0v) is 19.1. The molecule has 1 aliphatic rings. The van der Waals surface area contributed by atoms with Gasteiger partial charge < -0.3 is 15.6 Å². The van der Waals surface area contributed by atoms with Crippen LogP contribution in [0.5, 0.6) is 0 Å². The van der Waals surface area contributed by atoms with E-state index < -0.39 is 17.7 Å². The van der Waals surface area contributed by atoms with Crippen LogP contribution in [0.15, 0.2) is 84.0 Å². The molecule has 0 aliphatic heterocycles. The summed E-state index contributed by atoms with van der Waals surface area (Å²) in [4.78, 5) is 12.8. The highest BCUT2D eigenvalue weighted by atomic mass is 19.1. The Morgan fingerprint density at radius 2 is 1.67 bits per heavy atom. The maximum absolute atomic E-state index is 14.3. The second kappa shape index (κ2) is 9.71. The molecule has 0 radical (unpaired) electrons.